The average molecular weight is 397 g/mol. The molecule has 0 spiro atoms. The van der Waals surface area contributed by atoms with Crippen LogP contribution in [0.5, 0.6) is 0 Å². The number of carbonyl (C=O) groups is 2. The molecule has 0 saturated carbocycles. The van der Waals surface area contributed by atoms with E-state index in [0.717, 1.165) is 9.13 Å². The molecule has 1 atom stereocenters. The first-order chi connectivity index (χ1) is 7.41. The van der Waals surface area contributed by atoms with Gasteiger partial charge in [-0.25, -0.2) is 0 Å². The monoisotopic (exact) mass is 396 g/mol. The molecule has 0 aliphatic heterocycles. The number of benzene rings is 1. The molecule has 3 nitrogen and oxygen atoms in total. The van der Waals surface area contributed by atoms with Gasteiger partial charge in [-0.15, -0.1) is 0 Å². The number of ketones is 1. The molecule has 0 aliphatic rings. The topological polar surface area (TPSA) is 54.4 Å². The maximum Gasteiger partial charge on any atom is 0.307 e. The Kier molecular flexibility index (Phi) is 4.91. The van der Waals surface area contributed by atoms with Crippen LogP contribution in [0, 0.1) is 3.57 Å². The number of rotatable bonds is 4. The van der Waals surface area contributed by atoms with Crippen molar-refractivity contribution in [1.29, 1.82) is 0 Å². The summed E-state index contributed by atoms with van der Waals surface area (Å²) in [5, 5.41) is 8.80. The van der Waals surface area contributed by atoms with Gasteiger partial charge in [0.15, 0.2) is 0 Å². The van der Waals surface area contributed by atoms with E-state index in [1.165, 1.54) is 6.92 Å². The lowest BCUT2D eigenvalue weighted by atomic mass is 10.0. The number of alkyl halides is 1. The number of aliphatic carboxylic acids is 1. The third kappa shape index (κ3) is 3.55. The molecule has 0 amide bonds. The molecule has 1 N–H and O–H groups in total. The Bertz CT molecular complexity index is 431. The van der Waals surface area contributed by atoms with Crippen LogP contribution in [0.1, 0.15) is 22.9 Å². The minimum atomic E-state index is -0.897. The van der Waals surface area contributed by atoms with Gasteiger partial charge in [-0.3, -0.25) is 9.59 Å². The lowest BCUT2D eigenvalue weighted by Gasteiger charge is -2.12. The van der Waals surface area contributed by atoms with Crippen LogP contribution >= 0.6 is 38.5 Å². The van der Waals surface area contributed by atoms with E-state index in [0.29, 0.717) is 5.56 Å². The summed E-state index contributed by atoms with van der Waals surface area (Å²) >= 11 is 5.39. The van der Waals surface area contributed by atoms with Crippen molar-refractivity contribution in [2.24, 2.45) is 0 Å². The molecule has 1 aromatic carbocycles. The molecule has 16 heavy (non-hydrogen) atoms. The highest BCUT2D eigenvalue weighted by molar-refractivity contribution is 14.1. The van der Waals surface area contributed by atoms with Crippen molar-refractivity contribution in [3.05, 3.63) is 32.9 Å². The van der Waals surface area contributed by atoms with Crippen molar-refractivity contribution in [1.82, 2.24) is 0 Å². The van der Waals surface area contributed by atoms with E-state index in [1.54, 1.807) is 12.1 Å². The summed E-state index contributed by atoms with van der Waals surface area (Å²) in [4.78, 5) is 21.6. The van der Waals surface area contributed by atoms with Crippen LogP contribution in [0.2, 0.25) is 0 Å². The van der Waals surface area contributed by atoms with E-state index in [1.807, 2.05) is 6.07 Å². The Morgan fingerprint density at radius 3 is 2.62 bits per heavy atom. The van der Waals surface area contributed by atoms with Gasteiger partial charge in [0.1, 0.15) is 5.78 Å². The van der Waals surface area contributed by atoms with Crippen LogP contribution in [0.25, 0.3) is 0 Å². The molecule has 0 fully saturated rings. The third-order valence-corrected chi connectivity index (χ3v) is 3.89. The zero-order valence-electron chi connectivity index (χ0n) is 8.54. The van der Waals surface area contributed by atoms with Crippen molar-refractivity contribution < 1.29 is 14.7 Å². The van der Waals surface area contributed by atoms with Gasteiger partial charge in [0.2, 0.25) is 0 Å². The van der Waals surface area contributed by atoms with Gasteiger partial charge >= 0.3 is 5.97 Å². The molecule has 0 heterocycles. The van der Waals surface area contributed by atoms with E-state index < -0.39 is 10.8 Å². The van der Waals surface area contributed by atoms with Crippen molar-refractivity contribution in [2.75, 3.05) is 0 Å². The fraction of sp³-hybridized carbons (Fsp3) is 0.273. The first kappa shape index (κ1) is 13.6. The highest BCUT2D eigenvalue weighted by Gasteiger charge is 2.17. The van der Waals surface area contributed by atoms with Crippen molar-refractivity contribution in [2.45, 2.75) is 18.2 Å². The number of halogens is 2. The minimum Gasteiger partial charge on any atom is -0.481 e. The SMILES string of the molecule is CC(=O)C(Br)c1ccc(I)cc1CC(=O)O. The lowest BCUT2D eigenvalue weighted by Crippen LogP contribution is -2.09. The van der Waals surface area contributed by atoms with Gasteiger partial charge < -0.3 is 5.11 Å². The summed E-state index contributed by atoms with van der Waals surface area (Å²) < 4.78 is 0.959. The molecular formula is C11H10BrIO3. The fourth-order valence-electron chi connectivity index (χ4n) is 1.36. The summed E-state index contributed by atoms with van der Waals surface area (Å²) in [6.07, 6.45) is -0.0679. The van der Waals surface area contributed by atoms with E-state index >= 15 is 0 Å². The molecule has 5 heteroatoms. The molecule has 0 saturated heterocycles. The molecule has 86 valence electrons. The van der Waals surface area contributed by atoms with Gasteiger partial charge in [0, 0.05) is 3.57 Å². The lowest BCUT2D eigenvalue weighted by molar-refractivity contribution is -0.136. The Hall–Kier alpha value is -0.430. The normalized spacial score (nSPS) is 12.2. The number of carboxylic acids is 1. The van der Waals surface area contributed by atoms with Crippen LogP contribution in [0.15, 0.2) is 18.2 Å². The summed E-state index contributed by atoms with van der Waals surface area (Å²) in [6.45, 7) is 1.47. The molecule has 0 aliphatic carbocycles. The predicted molar refractivity (Wildman–Crippen MR) is 72.8 cm³/mol. The van der Waals surface area contributed by atoms with Crippen LogP contribution in [0.4, 0.5) is 0 Å². The zero-order valence-corrected chi connectivity index (χ0v) is 12.3. The number of Topliss-reactive ketones (excluding diaryl/α,β-unsaturated/α-hetero) is 1. The van der Waals surface area contributed by atoms with Crippen molar-refractivity contribution in [3.8, 4) is 0 Å². The van der Waals surface area contributed by atoms with Crippen LogP contribution in [-0.4, -0.2) is 16.9 Å². The summed E-state index contributed by atoms with van der Waals surface area (Å²) in [6, 6.07) is 5.44. The zero-order chi connectivity index (χ0) is 12.3. The van der Waals surface area contributed by atoms with Crippen molar-refractivity contribution in [3.63, 3.8) is 0 Å². The second kappa shape index (κ2) is 5.77. The average Bonchev–Trinajstić information content (AvgIpc) is 2.15. The van der Waals surface area contributed by atoms with E-state index in [-0.39, 0.29) is 12.2 Å². The first-order valence-electron chi connectivity index (χ1n) is 4.56. The number of hydrogen-bond donors (Lipinski definition) is 1. The third-order valence-electron chi connectivity index (χ3n) is 2.08. The van der Waals surface area contributed by atoms with Crippen LogP contribution < -0.4 is 0 Å². The van der Waals surface area contributed by atoms with Gasteiger partial charge in [-0.1, -0.05) is 22.0 Å². The number of hydrogen-bond acceptors (Lipinski definition) is 2. The van der Waals surface area contributed by atoms with Crippen LogP contribution in [-0.2, 0) is 16.0 Å². The Morgan fingerprint density at radius 1 is 1.50 bits per heavy atom. The van der Waals surface area contributed by atoms with Gasteiger partial charge in [-0.2, -0.15) is 0 Å². The Balaban J connectivity index is 3.16. The minimum absolute atomic E-state index is 0.0344. The van der Waals surface area contributed by atoms with Crippen molar-refractivity contribution >= 4 is 50.3 Å². The molecular weight excluding hydrogens is 387 g/mol. The van der Waals surface area contributed by atoms with Crippen LogP contribution in [0.3, 0.4) is 0 Å². The maximum absolute atomic E-state index is 11.3. The molecule has 0 bridgehead atoms. The standard InChI is InChI=1S/C11H10BrIO3/c1-6(14)11(12)9-3-2-8(13)4-7(9)5-10(15)16/h2-4,11H,5H2,1H3,(H,15,16). The molecule has 1 unspecified atom stereocenters. The largest absolute Gasteiger partial charge is 0.481 e. The van der Waals surface area contributed by atoms with E-state index in [4.69, 9.17) is 5.11 Å². The summed E-state index contributed by atoms with van der Waals surface area (Å²) in [5.41, 5.74) is 1.41. The Morgan fingerprint density at radius 2 is 2.12 bits per heavy atom. The Labute approximate surface area is 116 Å². The summed E-state index contributed by atoms with van der Waals surface area (Å²) in [5.74, 6) is -0.931. The number of carboxylic acid groups (broad SMARTS) is 1. The molecule has 1 rings (SSSR count). The first-order valence-corrected chi connectivity index (χ1v) is 6.56. The maximum atomic E-state index is 11.3. The van der Waals surface area contributed by atoms with E-state index in [9.17, 15) is 9.59 Å². The number of carbonyl (C=O) groups excluding carboxylic acids is 1. The van der Waals surface area contributed by atoms with Gasteiger partial charge in [0.05, 0.1) is 11.2 Å². The van der Waals surface area contributed by atoms with E-state index in [2.05, 4.69) is 38.5 Å². The molecule has 0 aromatic heterocycles. The fourth-order valence-corrected chi connectivity index (χ4v) is 2.36. The highest BCUT2D eigenvalue weighted by Crippen LogP contribution is 2.28. The second-order valence-electron chi connectivity index (χ2n) is 3.39. The molecule has 0 radical (unpaired) electrons. The molecule has 1 aromatic rings. The highest BCUT2D eigenvalue weighted by atomic mass is 127. The smallest absolute Gasteiger partial charge is 0.307 e. The predicted octanol–water partition coefficient (Wildman–Crippen LogP) is 2.94. The second-order valence-corrected chi connectivity index (χ2v) is 5.55. The quantitative estimate of drug-likeness (QED) is 0.628. The van der Waals surface area contributed by atoms with Gasteiger partial charge in [-0.05, 0) is 52.8 Å². The van der Waals surface area contributed by atoms with Gasteiger partial charge in [0.25, 0.3) is 0 Å². The summed E-state index contributed by atoms with van der Waals surface area (Å²) in [7, 11) is 0.